The van der Waals surface area contributed by atoms with Gasteiger partial charge in [0.1, 0.15) is 0 Å². The summed E-state index contributed by atoms with van der Waals surface area (Å²) in [4.78, 5) is 19.4. The standard InChI is InChI=1S/C4H6O5.N2/c5-2(4(8)9)1-3(6)7;1-2/h2,5H,1H2,(H,6,7)(H,8,9);. The minimum Gasteiger partial charge on any atom is -0.481 e. The number of carbonyl (C=O) groups is 2. The van der Waals surface area contributed by atoms with Gasteiger partial charge in [0.25, 0.3) is 0 Å². The highest BCUT2D eigenvalue weighted by molar-refractivity contribution is 5.79. The van der Waals surface area contributed by atoms with Gasteiger partial charge in [0.05, 0.1) is 6.42 Å². The smallest absolute Gasteiger partial charge is 0.333 e. The Morgan fingerprint density at radius 3 is 1.73 bits per heavy atom. The third-order valence-corrected chi connectivity index (χ3v) is 0.653. The number of aliphatic hydroxyl groups excluding tert-OH is 1. The quantitative estimate of drug-likeness (QED) is 0.448. The van der Waals surface area contributed by atoms with Crippen LogP contribution in [-0.4, -0.2) is 33.4 Å². The monoisotopic (exact) mass is 162 g/mol. The van der Waals surface area contributed by atoms with E-state index >= 15 is 0 Å². The largest absolute Gasteiger partial charge is 0.481 e. The Labute approximate surface area is 61.3 Å². The zero-order valence-electron chi connectivity index (χ0n) is 5.34. The number of aliphatic hydroxyl groups is 1. The molecule has 1 unspecified atom stereocenters. The van der Waals surface area contributed by atoms with Crippen molar-refractivity contribution in [2.45, 2.75) is 12.5 Å². The second kappa shape index (κ2) is 6.44. The van der Waals surface area contributed by atoms with E-state index < -0.39 is 24.5 Å². The van der Waals surface area contributed by atoms with E-state index in [0.717, 1.165) is 0 Å². The summed E-state index contributed by atoms with van der Waals surface area (Å²) in [5.41, 5.74) is 0. The Hall–Kier alpha value is -1.68. The van der Waals surface area contributed by atoms with Crippen LogP contribution in [0.15, 0.2) is 0 Å². The molecule has 0 radical (unpaired) electrons. The summed E-state index contributed by atoms with van der Waals surface area (Å²) in [6.07, 6.45) is -2.54. The Morgan fingerprint density at radius 1 is 1.27 bits per heavy atom. The van der Waals surface area contributed by atoms with Crippen molar-refractivity contribution < 1.29 is 24.9 Å². The normalized spacial score (nSPS) is 10.5. The minimum atomic E-state index is -1.79. The van der Waals surface area contributed by atoms with Gasteiger partial charge in [-0.2, -0.15) is 0 Å². The van der Waals surface area contributed by atoms with Gasteiger partial charge in [-0.05, 0) is 0 Å². The van der Waals surface area contributed by atoms with Crippen molar-refractivity contribution in [3.63, 3.8) is 0 Å². The molecule has 0 heterocycles. The maximum Gasteiger partial charge on any atom is 0.333 e. The summed E-state index contributed by atoms with van der Waals surface area (Å²) >= 11 is 0. The van der Waals surface area contributed by atoms with Crippen LogP contribution >= 0.6 is 0 Å². The van der Waals surface area contributed by atoms with E-state index in [0.29, 0.717) is 0 Å². The van der Waals surface area contributed by atoms with Crippen LogP contribution in [-0.2, 0) is 9.59 Å². The van der Waals surface area contributed by atoms with Crippen LogP contribution in [0.2, 0.25) is 0 Å². The number of hydrogen-bond acceptors (Lipinski definition) is 5. The summed E-state index contributed by atoms with van der Waals surface area (Å²) in [6.45, 7) is 0. The summed E-state index contributed by atoms with van der Waals surface area (Å²) in [5, 5.41) is 36.1. The van der Waals surface area contributed by atoms with Gasteiger partial charge in [0.2, 0.25) is 0 Å². The minimum absolute atomic E-state index is 0.755. The van der Waals surface area contributed by atoms with Gasteiger partial charge >= 0.3 is 11.9 Å². The molecule has 0 amide bonds. The van der Waals surface area contributed by atoms with Crippen molar-refractivity contribution in [1.82, 2.24) is 0 Å². The average molecular weight is 162 g/mol. The van der Waals surface area contributed by atoms with E-state index in [1.54, 1.807) is 0 Å². The van der Waals surface area contributed by atoms with Crippen LogP contribution in [0, 0.1) is 10.8 Å². The molecule has 0 fully saturated rings. The van der Waals surface area contributed by atoms with Crippen LogP contribution in [0.3, 0.4) is 0 Å². The molecular weight excluding hydrogens is 156 g/mol. The Morgan fingerprint density at radius 2 is 1.64 bits per heavy atom. The number of nitrogens with zero attached hydrogens (tertiary/aromatic N) is 2. The van der Waals surface area contributed by atoms with Crippen LogP contribution in [0.1, 0.15) is 6.42 Å². The first-order valence-electron chi connectivity index (χ1n) is 2.36. The summed E-state index contributed by atoms with van der Waals surface area (Å²) in [6, 6.07) is 0. The van der Waals surface area contributed by atoms with E-state index in [4.69, 9.17) is 26.1 Å². The lowest BCUT2D eigenvalue weighted by molar-refractivity contribution is -0.152. The maximum atomic E-state index is 9.72. The van der Waals surface area contributed by atoms with Gasteiger partial charge in [-0.3, -0.25) is 4.79 Å². The molecule has 0 rings (SSSR count). The fourth-order valence-electron chi connectivity index (χ4n) is 0.253. The highest BCUT2D eigenvalue weighted by Crippen LogP contribution is 1.89. The first-order valence-corrected chi connectivity index (χ1v) is 2.36. The fraction of sp³-hybridized carbons (Fsp3) is 0.500. The third kappa shape index (κ3) is 8.32. The fourth-order valence-corrected chi connectivity index (χ4v) is 0.253. The summed E-state index contributed by atoms with van der Waals surface area (Å²) < 4.78 is 0. The molecule has 0 aromatic heterocycles. The predicted molar refractivity (Wildman–Crippen MR) is 29.3 cm³/mol. The second-order valence-corrected chi connectivity index (χ2v) is 1.45. The first-order chi connectivity index (χ1) is 5.04. The first kappa shape index (κ1) is 12.0. The lowest BCUT2D eigenvalue weighted by Crippen LogP contribution is -2.22. The van der Waals surface area contributed by atoms with Crippen molar-refractivity contribution in [3.05, 3.63) is 0 Å². The lowest BCUT2D eigenvalue weighted by atomic mass is 10.3. The molecule has 0 saturated heterocycles. The van der Waals surface area contributed by atoms with E-state index in [1.165, 1.54) is 0 Å². The van der Waals surface area contributed by atoms with Crippen LogP contribution in [0.25, 0.3) is 0 Å². The zero-order chi connectivity index (χ0) is 9.44. The van der Waals surface area contributed by atoms with E-state index in [-0.39, 0.29) is 0 Å². The molecular formula is C4H6N2O5. The van der Waals surface area contributed by atoms with Crippen LogP contribution < -0.4 is 0 Å². The Kier molecular flexibility index (Phi) is 7.05. The van der Waals surface area contributed by atoms with Crippen molar-refractivity contribution in [1.29, 1.82) is 10.8 Å². The lowest BCUT2D eigenvalue weighted by Gasteiger charge is -1.97. The highest BCUT2D eigenvalue weighted by Gasteiger charge is 2.16. The molecule has 0 saturated carbocycles. The predicted octanol–water partition coefficient (Wildman–Crippen LogP) is -1.06. The van der Waals surface area contributed by atoms with Crippen molar-refractivity contribution >= 4 is 11.9 Å². The molecule has 0 aromatic rings. The zero-order valence-corrected chi connectivity index (χ0v) is 5.34. The number of aliphatic carboxylic acids is 2. The van der Waals surface area contributed by atoms with Crippen molar-refractivity contribution in [2.75, 3.05) is 0 Å². The molecule has 7 nitrogen and oxygen atoms in total. The number of carboxylic acid groups (broad SMARTS) is 2. The van der Waals surface area contributed by atoms with E-state index in [1.807, 2.05) is 0 Å². The summed E-state index contributed by atoms with van der Waals surface area (Å²) in [5.74, 6) is -2.85. The molecule has 0 aromatic carbocycles. The maximum absolute atomic E-state index is 9.72. The topological polar surface area (TPSA) is 142 Å². The third-order valence-electron chi connectivity index (χ3n) is 0.653. The molecule has 11 heavy (non-hydrogen) atoms. The second-order valence-electron chi connectivity index (χ2n) is 1.45. The molecule has 0 aliphatic carbocycles. The van der Waals surface area contributed by atoms with Crippen molar-refractivity contribution in [3.8, 4) is 0 Å². The molecule has 1 atom stereocenters. The van der Waals surface area contributed by atoms with Gasteiger partial charge < -0.3 is 15.3 Å². The summed E-state index contributed by atoms with van der Waals surface area (Å²) in [7, 11) is 0. The van der Waals surface area contributed by atoms with Gasteiger partial charge in [-0.1, -0.05) is 0 Å². The molecule has 62 valence electrons. The Balaban J connectivity index is 0. The highest BCUT2D eigenvalue weighted by atomic mass is 16.4. The molecule has 0 bridgehead atoms. The van der Waals surface area contributed by atoms with Crippen LogP contribution in [0.5, 0.6) is 0 Å². The molecule has 0 aliphatic rings. The van der Waals surface area contributed by atoms with E-state index in [2.05, 4.69) is 0 Å². The van der Waals surface area contributed by atoms with Crippen molar-refractivity contribution in [2.24, 2.45) is 0 Å². The molecule has 0 spiro atoms. The Bertz CT molecular complexity index is 165. The van der Waals surface area contributed by atoms with Gasteiger partial charge in [-0.25, -0.2) is 4.79 Å². The van der Waals surface area contributed by atoms with Gasteiger partial charge in [-0.15, -0.1) is 0 Å². The molecule has 7 heteroatoms. The SMILES string of the molecule is N#N.O=C(O)CC(O)C(=O)O. The molecule has 0 aliphatic heterocycles. The van der Waals surface area contributed by atoms with Crippen LogP contribution in [0.4, 0.5) is 0 Å². The molecule has 3 N–H and O–H groups in total. The number of carboxylic acids is 2. The van der Waals surface area contributed by atoms with Gasteiger partial charge in [0, 0.05) is 10.8 Å². The number of rotatable bonds is 3. The van der Waals surface area contributed by atoms with Gasteiger partial charge in [0.15, 0.2) is 6.10 Å². The average Bonchev–Trinajstić information content (AvgIpc) is 1.90. The van der Waals surface area contributed by atoms with E-state index in [9.17, 15) is 9.59 Å². The number of hydrogen-bond donors (Lipinski definition) is 3.